The van der Waals surface area contributed by atoms with Gasteiger partial charge in [-0.3, -0.25) is 4.79 Å². The number of halogens is 1. The molecule has 1 aromatic rings. The number of thiophene rings is 1. The predicted octanol–water partition coefficient (Wildman–Crippen LogP) is 2.92. The van der Waals surface area contributed by atoms with Gasteiger partial charge < -0.3 is 5.32 Å². The summed E-state index contributed by atoms with van der Waals surface area (Å²) in [5, 5.41) is 4.85. The van der Waals surface area contributed by atoms with Crippen LogP contribution in [0.15, 0.2) is 11.4 Å². The maximum atomic E-state index is 11.8. The van der Waals surface area contributed by atoms with Crippen molar-refractivity contribution in [2.45, 2.75) is 20.3 Å². The highest BCUT2D eigenvalue weighted by Crippen LogP contribution is 2.17. The lowest BCUT2D eigenvalue weighted by Crippen LogP contribution is -2.28. The van der Waals surface area contributed by atoms with E-state index in [1.54, 1.807) is 0 Å². The molecule has 1 N–H and O–H groups in total. The Balaban J connectivity index is 2.54. The molecule has 0 aliphatic rings. The van der Waals surface area contributed by atoms with Gasteiger partial charge in [0.05, 0.1) is 4.88 Å². The highest BCUT2D eigenvalue weighted by molar-refractivity contribution is 7.12. The first-order chi connectivity index (χ1) is 7.19. The van der Waals surface area contributed by atoms with E-state index in [-0.39, 0.29) is 5.91 Å². The predicted molar refractivity (Wildman–Crippen MR) is 65.9 cm³/mol. The minimum absolute atomic E-state index is 0.0267. The minimum Gasteiger partial charge on any atom is -0.351 e. The molecule has 0 bridgehead atoms. The monoisotopic (exact) mass is 245 g/mol. The molecule has 4 heteroatoms. The van der Waals surface area contributed by atoms with Crippen LogP contribution in [-0.4, -0.2) is 18.3 Å². The van der Waals surface area contributed by atoms with Gasteiger partial charge in [-0.2, -0.15) is 0 Å². The summed E-state index contributed by atoms with van der Waals surface area (Å²) in [6.07, 6.45) is 0.900. The van der Waals surface area contributed by atoms with Gasteiger partial charge in [0.15, 0.2) is 0 Å². The zero-order chi connectivity index (χ0) is 11.3. The second kappa shape index (κ2) is 6.13. The van der Waals surface area contributed by atoms with E-state index in [0.29, 0.717) is 18.3 Å². The third-order valence-electron chi connectivity index (χ3n) is 2.21. The van der Waals surface area contributed by atoms with Crippen LogP contribution >= 0.6 is 22.9 Å². The van der Waals surface area contributed by atoms with Gasteiger partial charge in [-0.05, 0) is 29.3 Å². The van der Waals surface area contributed by atoms with Crippen LogP contribution in [0.4, 0.5) is 0 Å². The van der Waals surface area contributed by atoms with Crippen LogP contribution in [0, 0.1) is 5.92 Å². The van der Waals surface area contributed by atoms with Gasteiger partial charge in [-0.25, -0.2) is 0 Å². The summed E-state index contributed by atoms with van der Waals surface area (Å²) in [7, 11) is 0. The Kier molecular flexibility index (Phi) is 5.12. The lowest BCUT2D eigenvalue weighted by molar-refractivity contribution is 0.0952. The number of carbonyl (C=O) groups is 1. The molecule has 1 amide bonds. The summed E-state index contributed by atoms with van der Waals surface area (Å²) in [6, 6.07) is 2.00. The third kappa shape index (κ3) is 3.50. The highest BCUT2D eigenvalue weighted by atomic mass is 35.5. The fourth-order valence-corrected chi connectivity index (χ4v) is 2.24. The van der Waals surface area contributed by atoms with E-state index in [2.05, 4.69) is 12.2 Å². The molecule has 0 radical (unpaired) electrons. The number of alkyl halides is 1. The number of aryl methyl sites for hydroxylation is 1. The molecule has 0 aromatic carbocycles. The average molecular weight is 246 g/mol. The Hall–Kier alpha value is -0.540. The van der Waals surface area contributed by atoms with Gasteiger partial charge in [0, 0.05) is 12.4 Å². The molecule has 0 aliphatic heterocycles. The molecule has 0 saturated carbocycles. The Morgan fingerprint density at radius 1 is 1.67 bits per heavy atom. The van der Waals surface area contributed by atoms with Crippen molar-refractivity contribution in [3.8, 4) is 0 Å². The maximum Gasteiger partial charge on any atom is 0.261 e. The van der Waals surface area contributed by atoms with Gasteiger partial charge in [0.25, 0.3) is 5.91 Å². The molecule has 0 saturated heterocycles. The van der Waals surface area contributed by atoms with Crippen molar-refractivity contribution < 1.29 is 4.79 Å². The van der Waals surface area contributed by atoms with E-state index in [9.17, 15) is 4.79 Å². The quantitative estimate of drug-likeness (QED) is 0.795. The molecule has 1 atom stereocenters. The van der Waals surface area contributed by atoms with Crippen LogP contribution < -0.4 is 5.32 Å². The summed E-state index contributed by atoms with van der Waals surface area (Å²) < 4.78 is 0. The molecule has 15 heavy (non-hydrogen) atoms. The van der Waals surface area contributed by atoms with Crippen molar-refractivity contribution >= 4 is 28.8 Å². The van der Waals surface area contributed by atoms with E-state index in [1.807, 2.05) is 18.4 Å². The first kappa shape index (κ1) is 12.5. The standard InChI is InChI=1S/C11H16ClNOS/c1-3-9-4-5-15-10(9)11(14)13-7-8(2)6-12/h4-5,8H,3,6-7H2,1-2H3,(H,13,14). The largest absolute Gasteiger partial charge is 0.351 e. The Morgan fingerprint density at radius 3 is 3.00 bits per heavy atom. The number of nitrogens with one attached hydrogen (secondary N) is 1. The van der Waals surface area contributed by atoms with Crippen LogP contribution in [-0.2, 0) is 6.42 Å². The van der Waals surface area contributed by atoms with Gasteiger partial charge in [-0.15, -0.1) is 22.9 Å². The SMILES string of the molecule is CCc1ccsc1C(=O)NCC(C)CCl. The number of rotatable bonds is 5. The maximum absolute atomic E-state index is 11.8. The zero-order valence-electron chi connectivity index (χ0n) is 9.05. The normalized spacial score (nSPS) is 12.5. The van der Waals surface area contributed by atoms with Crippen LogP contribution in [0.25, 0.3) is 0 Å². The number of hydrogen-bond donors (Lipinski definition) is 1. The molecule has 1 rings (SSSR count). The molecule has 2 nitrogen and oxygen atoms in total. The van der Waals surface area contributed by atoms with Crippen molar-refractivity contribution in [2.24, 2.45) is 5.92 Å². The number of amides is 1. The van der Waals surface area contributed by atoms with E-state index in [4.69, 9.17) is 11.6 Å². The first-order valence-corrected chi connectivity index (χ1v) is 6.51. The Morgan fingerprint density at radius 2 is 2.40 bits per heavy atom. The second-order valence-electron chi connectivity index (χ2n) is 3.60. The lowest BCUT2D eigenvalue weighted by atomic mass is 10.2. The van der Waals surface area contributed by atoms with Crippen LogP contribution in [0.3, 0.4) is 0 Å². The summed E-state index contributed by atoms with van der Waals surface area (Å²) in [5.74, 6) is 0.921. The first-order valence-electron chi connectivity index (χ1n) is 5.09. The summed E-state index contributed by atoms with van der Waals surface area (Å²) in [6.45, 7) is 4.71. The van der Waals surface area contributed by atoms with E-state index < -0.39 is 0 Å². The Labute approximate surface area is 99.6 Å². The molecular weight excluding hydrogens is 230 g/mol. The smallest absolute Gasteiger partial charge is 0.261 e. The van der Waals surface area contributed by atoms with Crippen molar-refractivity contribution in [1.82, 2.24) is 5.32 Å². The van der Waals surface area contributed by atoms with Crippen LogP contribution in [0.1, 0.15) is 29.1 Å². The number of carbonyl (C=O) groups excluding carboxylic acids is 1. The second-order valence-corrected chi connectivity index (χ2v) is 4.82. The van der Waals surface area contributed by atoms with Crippen molar-refractivity contribution in [3.05, 3.63) is 21.9 Å². The molecule has 0 aliphatic carbocycles. The highest BCUT2D eigenvalue weighted by Gasteiger charge is 2.12. The van der Waals surface area contributed by atoms with Crippen molar-refractivity contribution in [2.75, 3.05) is 12.4 Å². The minimum atomic E-state index is 0.0267. The fourth-order valence-electron chi connectivity index (χ4n) is 1.22. The number of hydrogen-bond acceptors (Lipinski definition) is 2. The molecule has 1 unspecified atom stereocenters. The third-order valence-corrected chi connectivity index (χ3v) is 3.69. The molecule has 1 aromatic heterocycles. The summed E-state index contributed by atoms with van der Waals surface area (Å²) >= 11 is 7.17. The van der Waals surface area contributed by atoms with Crippen LogP contribution in [0.2, 0.25) is 0 Å². The topological polar surface area (TPSA) is 29.1 Å². The summed E-state index contributed by atoms with van der Waals surface area (Å²) in [4.78, 5) is 12.6. The Bertz CT molecular complexity index is 324. The molecular formula is C11H16ClNOS. The van der Waals surface area contributed by atoms with E-state index in [0.717, 1.165) is 16.9 Å². The van der Waals surface area contributed by atoms with Gasteiger partial charge >= 0.3 is 0 Å². The van der Waals surface area contributed by atoms with E-state index in [1.165, 1.54) is 11.3 Å². The van der Waals surface area contributed by atoms with Crippen molar-refractivity contribution in [3.63, 3.8) is 0 Å². The molecule has 1 heterocycles. The molecule has 0 spiro atoms. The lowest BCUT2D eigenvalue weighted by Gasteiger charge is -2.09. The molecule has 0 fully saturated rings. The zero-order valence-corrected chi connectivity index (χ0v) is 10.6. The van der Waals surface area contributed by atoms with Crippen molar-refractivity contribution in [1.29, 1.82) is 0 Å². The average Bonchev–Trinajstić information content (AvgIpc) is 2.73. The van der Waals surface area contributed by atoms with Gasteiger partial charge in [0.1, 0.15) is 0 Å². The van der Waals surface area contributed by atoms with Gasteiger partial charge in [0.2, 0.25) is 0 Å². The van der Waals surface area contributed by atoms with Gasteiger partial charge in [-0.1, -0.05) is 13.8 Å². The fraction of sp³-hybridized carbons (Fsp3) is 0.545. The van der Waals surface area contributed by atoms with E-state index >= 15 is 0 Å². The molecule has 84 valence electrons. The summed E-state index contributed by atoms with van der Waals surface area (Å²) in [5.41, 5.74) is 1.12. The van der Waals surface area contributed by atoms with Crippen LogP contribution in [0.5, 0.6) is 0 Å².